The summed E-state index contributed by atoms with van der Waals surface area (Å²) in [5, 5.41) is 0. The third-order valence-electron chi connectivity index (χ3n) is 16.1. The second kappa shape index (κ2) is 16.4. The molecule has 0 radical (unpaired) electrons. The molecule has 4 aliphatic rings. The van der Waals surface area contributed by atoms with Crippen LogP contribution in [0, 0.1) is 38.5 Å². The molecule has 2 atom stereocenters. The molecular weight excluding hydrogens is 839 g/mol. The molecule has 0 N–H and O–H groups in total. The third kappa shape index (κ3) is 7.54. The molecule has 4 aromatic carbocycles. The van der Waals surface area contributed by atoms with Gasteiger partial charge in [0.1, 0.15) is 0 Å². The standard InChI is InChI=1S/2C26H31.C2H7Si.2ClH.Zr/c2*1-4-26(11-6-5-7-12-26)18-21-16-22-9-8-10-24(25(22)17-21)23-14-19(2)13-20(3)15-23;1-3-2;;;/h2*8-10,13-17H,4-7,11-12,18H2,1-3H3;3H,1-2H3;2*1H;/q;;;;;+2/p-2. The number of hydrogen-bond acceptors (Lipinski definition) is 0. The zero-order valence-corrected chi connectivity index (χ0v) is 42.1. The summed E-state index contributed by atoms with van der Waals surface area (Å²) >= 11 is -5.10. The van der Waals surface area contributed by atoms with Crippen molar-refractivity contribution >= 4 is 35.1 Å². The molecule has 0 amide bonds. The Labute approximate surface area is 361 Å². The zero-order valence-electron chi connectivity index (χ0n) is 37.0. The van der Waals surface area contributed by atoms with Gasteiger partial charge in [-0.15, -0.1) is 0 Å². The van der Waals surface area contributed by atoms with Crippen LogP contribution in [0.15, 0.2) is 83.9 Å². The number of aryl methyl sites for hydroxylation is 4. The molecule has 4 heteroatoms. The SMILES string of the molecule is CCC1(CC2=Cc3c(-c4cc(C)cc(C)c4)cccc3[CH]2[Zr]([Cl])([Cl])([CH]2C(CC3(CC)CCCCC3)=Cc3c(-c4cc(C)cc(C)c4)cccc32)[SiH](C)C)CCCCC1. The van der Waals surface area contributed by atoms with E-state index in [9.17, 15) is 17.0 Å². The quantitative estimate of drug-likeness (QED) is 0.132. The minimum absolute atomic E-state index is 0.107. The van der Waals surface area contributed by atoms with Crippen molar-refractivity contribution in [3.8, 4) is 22.3 Å². The van der Waals surface area contributed by atoms with Gasteiger partial charge in [-0.25, -0.2) is 0 Å². The van der Waals surface area contributed by atoms with Crippen LogP contribution in [0.25, 0.3) is 34.4 Å². The molecule has 0 nitrogen and oxygen atoms in total. The van der Waals surface area contributed by atoms with Gasteiger partial charge in [-0.1, -0.05) is 0 Å². The predicted octanol–water partition coefficient (Wildman–Crippen LogP) is 17.3. The molecule has 0 aliphatic heterocycles. The van der Waals surface area contributed by atoms with Crippen LogP contribution >= 0.6 is 17.0 Å². The van der Waals surface area contributed by atoms with Gasteiger partial charge in [0, 0.05) is 0 Å². The van der Waals surface area contributed by atoms with E-state index in [0.717, 1.165) is 12.8 Å². The number of rotatable bonds is 11. The van der Waals surface area contributed by atoms with Crippen LogP contribution in [0.3, 0.4) is 0 Å². The summed E-state index contributed by atoms with van der Waals surface area (Å²) in [5.41, 5.74) is 20.1. The Kier molecular flexibility index (Phi) is 12.1. The Morgan fingerprint density at radius 2 is 0.914 bits per heavy atom. The summed E-state index contributed by atoms with van der Waals surface area (Å²) in [5.74, 6) is -1.74. The van der Waals surface area contributed by atoms with Gasteiger partial charge in [-0.05, 0) is 0 Å². The number of fused-ring (bicyclic) bond motifs is 2. The molecule has 2 saturated carbocycles. The summed E-state index contributed by atoms with van der Waals surface area (Å²) in [6.45, 7) is 19.0. The van der Waals surface area contributed by atoms with Gasteiger partial charge < -0.3 is 0 Å². The van der Waals surface area contributed by atoms with Crippen molar-refractivity contribution < 1.29 is 15.6 Å². The molecular formula is C54H69Cl2SiZr. The zero-order chi connectivity index (χ0) is 41.1. The molecule has 0 heterocycles. The molecule has 0 bridgehead atoms. The fourth-order valence-corrected chi connectivity index (χ4v) is 44.2. The van der Waals surface area contributed by atoms with Crippen molar-refractivity contribution in [3.63, 3.8) is 0 Å². The van der Waals surface area contributed by atoms with Gasteiger partial charge in [0.2, 0.25) is 0 Å². The first-order chi connectivity index (χ1) is 27.7. The molecule has 2 fully saturated rings. The summed E-state index contributed by atoms with van der Waals surface area (Å²) in [7, 11) is 18.5. The van der Waals surface area contributed by atoms with Crippen LogP contribution in [0.2, 0.25) is 13.1 Å². The van der Waals surface area contributed by atoms with E-state index >= 15 is 0 Å². The van der Waals surface area contributed by atoms with E-state index in [-0.39, 0.29) is 7.25 Å². The van der Waals surface area contributed by atoms with Gasteiger partial charge in [0.15, 0.2) is 0 Å². The Bertz CT molecular complexity index is 2070. The monoisotopic (exact) mass is 905 g/mol. The van der Waals surface area contributed by atoms with E-state index in [1.54, 1.807) is 11.1 Å². The van der Waals surface area contributed by atoms with Crippen molar-refractivity contribution in [2.45, 2.75) is 152 Å². The molecule has 307 valence electrons. The van der Waals surface area contributed by atoms with E-state index in [2.05, 4.69) is 140 Å². The van der Waals surface area contributed by atoms with E-state index in [1.807, 2.05) is 0 Å². The van der Waals surface area contributed by atoms with Gasteiger partial charge in [-0.3, -0.25) is 0 Å². The maximum absolute atomic E-state index is 9.25. The van der Waals surface area contributed by atoms with Crippen LogP contribution in [-0.4, -0.2) is 5.92 Å². The summed E-state index contributed by atoms with van der Waals surface area (Å²) in [4.78, 5) is 0. The molecule has 4 aliphatic carbocycles. The van der Waals surface area contributed by atoms with E-state index < -0.39 is 21.5 Å². The maximum atomic E-state index is 9.25. The van der Waals surface area contributed by atoms with Gasteiger partial charge in [0.25, 0.3) is 0 Å². The van der Waals surface area contributed by atoms with Crippen LogP contribution in [-0.2, 0) is 15.6 Å². The summed E-state index contributed by atoms with van der Waals surface area (Å²) in [6, 6.07) is 28.5. The Balaban J connectivity index is 1.38. The van der Waals surface area contributed by atoms with Gasteiger partial charge >= 0.3 is 364 Å². The fourth-order valence-electron chi connectivity index (χ4n) is 12.9. The first-order valence-corrected chi connectivity index (χ1v) is 39.4. The van der Waals surface area contributed by atoms with Crippen molar-refractivity contribution in [1.82, 2.24) is 0 Å². The van der Waals surface area contributed by atoms with Gasteiger partial charge in [0.05, 0.1) is 0 Å². The molecule has 4 aromatic rings. The predicted molar refractivity (Wildman–Crippen MR) is 256 cm³/mol. The average molecular weight is 908 g/mol. The topological polar surface area (TPSA) is 0 Å². The van der Waals surface area contributed by atoms with Crippen LogP contribution in [0.4, 0.5) is 0 Å². The fraction of sp³-hybridized carbons (Fsp3) is 0.481. The minimum atomic E-state index is -5.10. The molecule has 0 spiro atoms. The number of benzene rings is 4. The van der Waals surface area contributed by atoms with Gasteiger partial charge in [-0.2, -0.15) is 0 Å². The average Bonchev–Trinajstić information content (AvgIpc) is 3.76. The summed E-state index contributed by atoms with van der Waals surface area (Å²) < 4.78 is 0.214. The van der Waals surface area contributed by atoms with Crippen molar-refractivity contribution in [2.75, 3.05) is 0 Å². The van der Waals surface area contributed by atoms with Crippen LogP contribution in [0.5, 0.6) is 0 Å². The van der Waals surface area contributed by atoms with Crippen molar-refractivity contribution in [3.05, 3.63) is 128 Å². The normalized spacial score (nSPS) is 21.9. The number of halogens is 2. The van der Waals surface area contributed by atoms with E-state index in [0.29, 0.717) is 10.8 Å². The Morgan fingerprint density at radius 3 is 1.24 bits per heavy atom. The molecule has 8 rings (SSSR count). The third-order valence-corrected chi connectivity index (χ3v) is 67.9. The van der Waals surface area contributed by atoms with Crippen LogP contribution in [0.1, 0.15) is 155 Å². The Morgan fingerprint density at radius 1 is 0.552 bits per heavy atom. The van der Waals surface area contributed by atoms with Crippen molar-refractivity contribution in [1.29, 1.82) is 0 Å². The molecule has 58 heavy (non-hydrogen) atoms. The molecule has 0 saturated heterocycles. The summed E-state index contributed by atoms with van der Waals surface area (Å²) in [6.07, 6.45) is 23.4. The molecule has 2 unspecified atom stereocenters. The number of hydrogen-bond donors (Lipinski definition) is 0. The number of allylic oxidation sites excluding steroid dienone is 2. The first-order valence-electron chi connectivity index (χ1n) is 23.1. The first kappa shape index (κ1) is 42.7. The van der Waals surface area contributed by atoms with Crippen LogP contribution < -0.4 is 0 Å². The molecule has 0 aromatic heterocycles. The Hall–Kier alpha value is -1.96. The van der Waals surface area contributed by atoms with E-state index in [4.69, 9.17) is 0 Å². The van der Waals surface area contributed by atoms with E-state index in [1.165, 1.54) is 144 Å². The second-order valence-corrected chi connectivity index (χ2v) is 62.7. The van der Waals surface area contributed by atoms with Crippen molar-refractivity contribution in [2.24, 2.45) is 10.8 Å². The second-order valence-electron chi connectivity index (χ2n) is 20.2.